The van der Waals surface area contributed by atoms with Crippen LogP contribution < -0.4 is 19.7 Å². The molecule has 1 aliphatic rings. The van der Waals surface area contributed by atoms with Gasteiger partial charge in [-0.2, -0.15) is 13.2 Å². The molecule has 1 heterocycles. The topological polar surface area (TPSA) is 94.2 Å². The molecule has 11 heteroatoms. The molecular formula is C27H23F3N2O6. The van der Waals surface area contributed by atoms with Crippen molar-refractivity contribution >= 4 is 29.2 Å². The number of methoxy groups -OCH3 is 1. The van der Waals surface area contributed by atoms with Crippen LogP contribution in [0.2, 0.25) is 0 Å². The SMILES string of the molecule is COc1ccc(Oc2ccc(N3C[C@@H](C(=O)OCC(=O)Nc4cccc(C(F)(F)F)c4)CC3=O)cc2)cc1. The number of rotatable bonds is 8. The third-order valence-corrected chi connectivity index (χ3v) is 5.72. The van der Waals surface area contributed by atoms with E-state index in [2.05, 4.69) is 5.32 Å². The van der Waals surface area contributed by atoms with Crippen molar-refractivity contribution in [2.45, 2.75) is 12.6 Å². The highest BCUT2D eigenvalue weighted by atomic mass is 19.4. The number of ether oxygens (including phenoxy) is 3. The summed E-state index contributed by atoms with van der Waals surface area (Å²) in [6.45, 7) is -0.636. The van der Waals surface area contributed by atoms with Crippen LogP contribution in [0.25, 0.3) is 0 Å². The highest BCUT2D eigenvalue weighted by Gasteiger charge is 2.36. The molecule has 8 nitrogen and oxygen atoms in total. The van der Waals surface area contributed by atoms with E-state index in [9.17, 15) is 27.6 Å². The minimum absolute atomic E-state index is 0.0611. The molecule has 1 fully saturated rings. The van der Waals surface area contributed by atoms with Gasteiger partial charge in [-0.15, -0.1) is 0 Å². The van der Waals surface area contributed by atoms with Gasteiger partial charge < -0.3 is 24.4 Å². The molecule has 0 aliphatic carbocycles. The maximum Gasteiger partial charge on any atom is 0.416 e. The van der Waals surface area contributed by atoms with Crippen LogP contribution in [-0.4, -0.2) is 38.0 Å². The first kappa shape index (κ1) is 26.5. The van der Waals surface area contributed by atoms with E-state index in [0.717, 1.165) is 18.2 Å². The highest BCUT2D eigenvalue weighted by Crippen LogP contribution is 2.31. The van der Waals surface area contributed by atoms with Crippen LogP contribution in [0.5, 0.6) is 17.2 Å². The molecule has 4 rings (SSSR count). The Morgan fingerprint density at radius 2 is 1.61 bits per heavy atom. The fourth-order valence-corrected chi connectivity index (χ4v) is 3.81. The van der Waals surface area contributed by atoms with Crippen LogP contribution in [0.15, 0.2) is 72.8 Å². The number of esters is 1. The third-order valence-electron chi connectivity index (χ3n) is 5.72. The summed E-state index contributed by atoms with van der Waals surface area (Å²) in [7, 11) is 1.57. The van der Waals surface area contributed by atoms with E-state index >= 15 is 0 Å². The van der Waals surface area contributed by atoms with Gasteiger partial charge in [-0.1, -0.05) is 6.07 Å². The summed E-state index contributed by atoms with van der Waals surface area (Å²) >= 11 is 0. The predicted octanol–water partition coefficient (Wildman–Crippen LogP) is 5.04. The number of benzene rings is 3. The van der Waals surface area contributed by atoms with Crippen molar-refractivity contribution in [2.24, 2.45) is 5.92 Å². The number of carbonyl (C=O) groups excluding carboxylic acids is 3. The molecule has 38 heavy (non-hydrogen) atoms. The number of halogens is 3. The molecular weight excluding hydrogens is 505 g/mol. The average molecular weight is 528 g/mol. The number of nitrogens with one attached hydrogen (secondary N) is 1. The highest BCUT2D eigenvalue weighted by molar-refractivity contribution is 6.00. The number of alkyl halides is 3. The van der Waals surface area contributed by atoms with Crippen LogP contribution >= 0.6 is 0 Å². The average Bonchev–Trinajstić information content (AvgIpc) is 3.29. The van der Waals surface area contributed by atoms with Gasteiger partial charge in [0, 0.05) is 24.3 Å². The van der Waals surface area contributed by atoms with Crippen LogP contribution in [0.1, 0.15) is 12.0 Å². The van der Waals surface area contributed by atoms with E-state index in [1.165, 1.54) is 11.0 Å². The Morgan fingerprint density at radius 1 is 0.974 bits per heavy atom. The first-order valence-corrected chi connectivity index (χ1v) is 11.5. The second kappa shape index (κ2) is 11.2. The first-order valence-electron chi connectivity index (χ1n) is 11.5. The van der Waals surface area contributed by atoms with E-state index in [1.807, 2.05) is 0 Å². The molecule has 3 aromatic carbocycles. The fourth-order valence-electron chi connectivity index (χ4n) is 3.81. The maximum atomic E-state index is 12.8. The Balaban J connectivity index is 1.28. The van der Waals surface area contributed by atoms with Gasteiger partial charge in [-0.25, -0.2) is 0 Å². The van der Waals surface area contributed by atoms with Crippen LogP contribution in [0.4, 0.5) is 24.5 Å². The number of hydrogen-bond acceptors (Lipinski definition) is 6. The summed E-state index contributed by atoms with van der Waals surface area (Å²) in [5.41, 5.74) is -0.436. The lowest BCUT2D eigenvalue weighted by atomic mass is 10.1. The Labute approximate surface area is 215 Å². The molecule has 1 N–H and O–H groups in total. The number of nitrogens with zero attached hydrogens (tertiary/aromatic N) is 1. The van der Waals surface area contributed by atoms with Gasteiger partial charge in [0.15, 0.2) is 6.61 Å². The van der Waals surface area contributed by atoms with Gasteiger partial charge >= 0.3 is 12.1 Å². The lowest BCUT2D eigenvalue weighted by molar-refractivity contribution is -0.151. The molecule has 1 atom stereocenters. The van der Waals surface area contributed by atoms with Gasteiger partial charge in [0.05, 0.1) is 18.6 Å². The molecule has 0 unspecified atom stereocenters. The largest absolute Gasteiger partial charge is 0.497 e. The second-order valence-corrected chi connectivity index (χ2v) is 8.41. The second-order valence-electron chi connectivity index (χ2n) is 8.41. The monoisotopic (exact) mass is 528 g/mol. The van der Waals surface area contributed by atoms with Crippen molar-refractivity contribution < 1.29 is 41.8 Å². The van der Waals surface area contributed by atoms with E-state index in [1.54, 1.807) is 55.6 Å². The van der Waals surface area contributed by atoms with Crippen LogP contribution in [0, 0.1) is 5.92 Å². The van der Waals surface area contributed by atoms with Crippen molar-refractivity contribution in [1.82, 2.24) is 0 Å². The van der Waals surface area contributed by atoms with E-state index < -0.39 is 36.1 Å². The predicted molar refractivity (Wildman–Crippen MR) is 131 cm³/mol. The summed E-state index contributed by atoms with van der Waals surface area (Å²) < 4.78 is 54.4. The fraction of sp³-hybridized carbons (Fsp3) is 0.222. The smallest absolute Gasteiger partial charge is 0.416 e. The quantitative estimate of drug-likeness (QED) is 0.412. The minimum Gasteiger partial charge on any atom is -0.497 e. The molecule has 0 aromatic heterocycles. The molecule has 2 amide bonds. The van der Waals surface area contributed by atoms with Crippen LogP contribution in [0.3, 0.4) is 0 Å². The zero-order chi connectivity index (χ0) is 27.3. The van der Waals surface area contributed by atoms with E-state index in [-0.39, 0.29) is 24.6 Å². The molecule has 1 saturated heterocycles. The summed E-state index contributed by atoms with van der Waals surface area (Å²) in [5.74, 6) is -0.775. The summed E-state index contributed by atoms with van der Waals surface area (Å²) in [6.07, 6.45) is -4.66. The zero-order valence-electron chi connectivity index (χ0n) is 20.2. The van der Waals surface area contributed by atoms with Crippen molar-refractivity contribution in [3.8, 4) is 17.2 Å². The Kier molecular flexibility index (Phi) is 7.85. The molecule has 0 saturated carbocycles. The van der Waals surface area contributed by atoms with Crippen molar-refractivity contribution in [3.05, 3.63) is 78.4 Å². The number of amides is 2. The van der Waals surface area contributed by atoms with Gasteiger partial charge in [0.2, 0.25) is 5.91 Å². The summed E-state index contributed by atoms with van der Waals surface area (Å²) in [5, 5.41) is 2.26. The van der Waals surface area contributed by atoms with Crippen molar-refractivity contribution in [1.29, 1.82) is 0 Å². The lowest BCUT2D eigenvalue weighted by Gasteiger charge is -2.17. The van der Waals surface area contributed by atoms with Crippen LogP contribution in [-0.2, 0) is 25.3 Å². The van der Waals surface area contributed by atoms with Gasteiger partial charge in [-0.05, 0) is 66.7 Å². The molecule has 3 aromatic rings. The summed E-state index contributed by atoms with van der Waals surface area (Å²) in [4.78, 5) is 38.5. The zero-order valence-corrected chi connectivity index (χ0v) is 20.2. The number of carbonyl (C=O) groups is 3. The maximum absolute atomic E-state index is 12.8. The number of hydrogen-bond donors (Lipinski definition) is 1. The standard InChI is InChI=1S/C27H23F3N2O6/c1-36-21-9-11-23(12-10-21)38-22-7-5-20(6-8-22)32-15-17(13-25(32)34)26(35)37-16-24(33)31-19-4-2-3-18(14-19)27(28,29)30/h2-12,14,17H,13,15-16H2,1H3,(H,31,33)/t17-/m0/s1. The molecule has 0 radical (unpaired) electrons. The molecule has 198 valence electrons. The van der Waals surface area contributed by atoms with Crippen molar-refractivity contribution in [2.75, 3.05) is 30.5 Å². The van der Waals surface area contributed by atoms with Gasteiger partial charge in [0.1, 0.15) is 17.2 Å². The normalized spacial score (nSPS) is 15.2. The van der Waals surface area contributed by atoms with Gasteiger partial charge in [-0.3, -0.25) is 14.4 Å². The Bertz CT molecular complexity index is 1310. The Morgan fingerprint density at radius 3 is 2.24 bits per heavy atom. The molecule has 1 aliphatic heterocycles. The van der Waals surface area contributed by atoms with E-state index in [0.29, 0.717) is 22.9 Å². The number of anilines is 2. The Hall–Kier alpha value is -4.54. The van der Waals surface area contributed by atoms with Crippen molar-refractivity contribution in [3.63, 3.8) is 0 Å². The van der Waals surface area contributed by atoms with E-state index in [4.69, 9.17) is 14.2 Å². The molecule has 0 bridgehead atoms. The van der Waals surface area contributed by atoms with Gasteiger partial charge in [0.25, 0.3) is 5.91 Å². The third kappa shape index (κ3) is 6.61. The lowest BCUT2D eigenvalue weighted by Crippen LogP contribution is -2.28. The first-order chi connectivity index (χ1) is 18.1. The molecule has 0 spiro atoms. The summed E-state index contributed by atoms with van der Waals surface area (Å²) in [6, 6.07) is 17.9. The minimum atomic E-state index is -4.56.